The Balaban J connectivity index is 1.21. The van der Waals surface area contributed by atoms with Gasteiger partial charge in [-0.25, -0.2) is 9.87 Å². The molecule has 234 valence electrons. The second-order valence-electron chi connectivity index (χ2n) is 10.6. The van der Waals surface area contributed by atoms with Crippen LogP contribution < -0.4 is 30.3 Å². The molecule has 0 atom stereocenters. The average Bonchev–Trinajstić information content (AvgIpc) is 3.87. The van der Waals surface area contributed by atoms with Crippen molar-refractivity contribution in [2.24, 2.45) is 5.41 Å². The Morgan fingerprint density at radius 2 is 1.53 bits per heavy atom. The maximum Gasteiger partial charge on any atom is 0.243 e. The molecule has 0 aliphatic heterocycles. The number of hydrogen-bond acceptors (Lipinski definition) is 8. The van der Waals surface area contributed by atoms with E-state index in [9.17, 15) is 18.8 Å². The minimum Gasteiger partial charge on any atom is -0.493 e. The SMILES string of the molecule is COc1cc2nccc(Oc3ccc(NC(=O)C4(C(=O)Nc5ccc(F)cc5)CC4)cc3)c2cc1OCCCCCC(=O)NO. The minimum atomic E-state index is -1.17. The molecule has 1 fully saturated rings. The van der Waals surface area contributed by atoms with Crippen LogP contribution in [-0.2, 0) is 14.4 Å². The summed E-state index contributed by atoms with van der Waals surface area (Å²) in [6, 6.07) is 17.5. The van der Waals surface area contributed by atoms with Crippen LogP contribution in [0, 0.1) is 11.2 Å². The molecule has 45 heavy (non-hydrogen) atoms. The quantitative estimate of drug-likeness (QED) is 0.0586. The number of carbonyl (C=O) groups is 3. The first-order chi connectivity index (χ1) is 21.8. The second-order valence-corrected chi connectivity index (χ2v) is 10.6. The van der Waals surface area contributed by atoms with Gasteiger partial charge < -0.3 is 24.8 Å². The third-order valence-corrected chi connectivity index (χ3v) is 7.48. The van der Waals surface area contributed by atoms with Crippen LogP contribution in [-0.4, -0.2) is 41.6 Å². The fraction of sp³-hybridized carbons (Fsp3) is 0.273. The summed E-state index contributed by atoms with van der Waals surface area (Å²) >= 11 is 0. The summed E-state index contributed by atoms with van der Waals surface area (Å²) in [4.78, 5) is 41.5. The molecule has 1 aliphatic carbocycles. The van der Waals surface area contributed by atoms with Crippen molar-refractivity contribution in [1.82, 2.24) is 10.5 Å². The predicted octanol–water partition coefficient (Wildman–Crippen LogP) is 5.98. The lowest BCUT2D eigenvalue weighted by Crippen LogP contribution is -2.35. The number of amides is 3. The number of nitrogens with zero attached hydrogens (tertiary/aromatic N) is 1. The number of carbonyl (C=O) groups excluding carboxylic acids is 3. The molecule has 3 aromatic carbocycles. The van der Waals surface area contributed by atoms with E-state index in [-0.39, 0.29) is 6.42 Å². The van der Waals surface area contributed by atoms with Gasteiger partial charge in [0.25, 0.3) is 0 Å². The molecule has 0 unspecified atom stereocenters. The fourth-order valence-electron chi connectivity index (χ4n) is 4.74. The van der Waals surface area contributed by atoms with Crippen molar-refractivity contribution >= 4 is 40.0 Å². The van der Waals surface area contributed by atoms with Crippen LogP contribution in [0.1, 0.15) is 38.5 Å². The lowest BCUT2D eigenvalue weighted by atomic mass is 10.0. The molecule has 0 radical (unpaired) electrons. The Morgan fingerprint density at radius 1 is 0.867 bits per heavy atom. The Kier molecular flexibility index (Phi) is 9.73. The summed E-state index contributed by atoms with van der Waals surface area (Å²) in [7, 11) is 1.55. The summed E-state index contributed by atoms with van der Waals surface area (Å²) in [5.74, 6) is 0.425. The van der Waals surface area contributed by atoms with Crippen molar-refractivity contribution in [2.75, 3.05) is 24.4 Å². The maximum atomic E-state index is 13.2. The first kappa shape index (κ1) is 31.2. The van der Waals surface area contributed by atoms with E-state index in [0.29, 0.717) is 77.6 Å². The standard InChI is InChI=1S/C33H33FN4O7/c1-43-28-20-26-25(19-29(28)44-18-4-2-3-5-30(39)38-42)27(14-17-35-26)45-24-12-10-23(11-13-24)37-32(41)33(15-16-33)31(40)36-22-8-6-21(34)7-9-22/h6-14,17,19-20,42H,2-5,15-16,18H2,1H3,(H,36,40)(H,37,41)(H,38,39). The Bertz CT molecular complexity index is 1680. The van der Waals surface area contributed by atoms with Crippen LogP contribution in [0.5, 0.6) is 23.0 Å². The molecule has 3 amide bonds. The van der Waals surface area contributed by atoms with E-state index < -0.39 is 29.0 Å². The van der Waals surface area contributed by atoms with Crippen LogP contribution >= 0.6 is 0 Å². The molecule has 4 N–H and O–H groups in total. The first-order valence-corrected chi connectivity index (χ1v) is 14.5. The van der Waals surface area contributed by atoms with Gasteiger partial charge >= 0.3 is 0 Å². The summed E-state index contributed by atoms with van der Waals surface area (Å²) < 4.78 is 30.8. The number of halogens is 1. The van der Waals surface area contributed by atoms with Crippen molar-refractivity contribution in [2.45, 2.75) is 38.5 Å². The van der Waals surface area contributed by atoms with E-state index in [1.807, 2.05) is 0 Å². The number of pyridine rings is 1. The van der Waals surface area contributed by atoms with E-state index in [4.69, 9.17) is 19.4 Å². The predicted molar refractivity (Wildman–Crippen MR) is 164 cm³/mol. The second kappa shape index (κ2) is 14.0. The smallest absolute Gasteiger partial charge is 0.243 e. The number of methoxy groups -OCH3 is 1. The van der Waals surface area contributed by atoms with E-state index >= 15 is 0 Å². The molecular weight excluding hydrogens is 583 g/mol. The minimum absolute atomic E-state index is 0.242. The number of anilines is 2. The van der Waals surface area contributed by atoms with Gasteiger partial charge in [0.2, 0.25) is 17.7 Å². The van der Waals surface area contributed by atoms with Gasteiger partial charge in [0, 0.05) is 35.4 Å². The van der Waals surface area contributed by atoms with Crippen LogP contribution in [0.3, 0.4) is 0 Å². The maximum absolute atomic E-state index is 13.2. The van der Waals surface area contributed by atoms with E-state index in [1.54, 1.807) is 61.3 Å². The zero-order valence-electron chi connectivity index (χ0n) is 24.6. The molecule has 1 aliphatic rings. The van der Waals surface area contributed by atoms with Crippen LogP contribution in [0.4, 0.5) is 15.8 Å². The number of hydrogen-bond donors (Lipinski definition) is 4. The molecular formula is C33H33FN4O7. The van der Waals surface area contributed by atoms with Gasteiger partial charge in [0.05, 0.1) is 19.2 Å². The molecule has 1 heterocycles. The number of ether oxygens (including phenoxy) is 3. The lowest BCUT2D eigenvalue weighted by molar-refractivity contribution is -0.131. The highest BCUT2D eigenvalue weighted by molar-refractivity contribution is 6.16. The van der Waals surface area contributed by atoms with Crippen molar-refractivity contribution in [3.05, 3.63) is 78.7 Å². The number of nitrogens with one attached hydrogen (secondary N) is 3. The number of rotatable bonds is 14. The van der Waals surface area contributed by atoms with Gasteiger partial charge in [-0.3, -0.25) is 24.6 Å². The number of fused-ring (bicyclic) bond motifs is 1. The van der Waals surface area contributed by atoms with Gasteiger partial charge in [-0.1, -0.05) is 0 Å². The van der Waals surface area contributed by atoms with E-state index in [2.05, 4.69) is 15.6 Å². The number of hydroxylamine groups is 1. The summed E-state index contributed by atoms with van der Waals surface area (Å²) in [5.41, 5.74) is 2.02. The number of benzene rings is 3. The highest BCUT2D eigenvalue weighted by Crippen LogP contribution is 2.47. The van der Waals surface area contributed by atoms with E-state index in [0.717, 1.165) is 6.42 Å². The van der Waals surface area contributed by atoms with Gasteiger partial charge in [-0.05, 0) is 92.8 Å². The number of unbranched alkanes of at least 4 members (excludes halogenated alkanes) is 2. The third-order valence-electron chi connectivity index (χ3n) is 7.48. The highest BCUT2D eigenvalue weighted by Gasteiger charge is 2.56. The highest BCUT2D eigenvalue weighted by atomic mass is 19.1. The topological polar surface area (TPSA) is 148 Å². The Labute approximate surface area is 258 Å². The summed E-state index contributed by atoms with van der Waals surface area (Å²) in [6.07, 6.45) is 4.79. The van der Waals surface area contributed by atoms with Crippen LogP contribution in [0.25, 0.3) is 10.9 Å². The Morgan fingerprint density at radius 3 is 2.16 bits per heavy atom. The molecule has 0 saturated heterocycles. The first-order valence-electron chi connectivity index (χ1n) is 14.5. The van der Waals surface area contributed by atoms with Crippen molar-refractivity contribution in [1.29, 1.82) is 0 Å². The normalized spacial score (nSPS) is 13.0. The monoisotopic (exact) mass is 616 g/mol. The molecule has 0 spiro atoms. The van der Waals surface area contributed by atoms with Crippen molar-refractivity contribution in [3.63, 3.8) is 0 Å². The van der Waals surface area contributed by atoms with Gasteiger partial charge in [-0.15, -0.1) is 0 Å². The van der Waals surface area contributed by atoms with Gasteiger partial charge in [0.15, 0.2) is 11.5 Å². The van der Waals surface area contributed by atoms with Crippen molar-refractivity contribution in [3.8, 4) is 23.0 Å². The molecule has 11 nitrogen and oxygen atoms in total. The molecule has 1 aromatic heterocycles. The third kappa shape index (κ3) is 7.65. The fourth-order valence-corrected chi connectivity index (χ4v) is 4.74. The van der Waals surface area contributed by atoms with Crippen LogP contribution in [0.2, 0.25) is 0 Å². The van der Waals surface area contributed by atoms with Crippen LogP contribution in [0.15, 0.2) is 72.9 Å². The summed E-state index contributed by atoms with van der Waals surface area (Å²) in [6.45, 7) is 0.404. The Hall–Kier alpha value is -5.23. The molecule has 1 saturated carbocycles. The zero-order valence-corrected chi connectivity index (χ0v) is 24.6. The molecule has 4 aromatic rings. The van der Waals surface area contributed by atoms with Gasteiger partial charge in [0.1, 0.15) is 22.7 Å². The summed E-state index contributed by atoms with van der Waals surface area (Å²) in [5, 5.41) is 14.8. The largest absolute Gasteiger partial charge is 0.493 e. The zero-order chi connectivity index (χ0) is 31.8. The van der Waals surface area contributed by atoms with E-state index in [1.165, 1.54) is 24.3 Å². The van der Waals surface area contributed by atoms with Gasteiger partial charge in [-0.2, -0.15) is 0 Å². The van der Waals surface area contributed by atoms with Crippen molar-refractivity contribution < 1.29 is 38.2 Å². The number of aromatic nitrogens is 1. The molecule has 5 rings (SSSR count). The molecule has 0 bridgehead atoms. The molecule has 12 heteroatoms. The lowest BCUT2D eigenvalue weighted by Gasteiger charge is -2.16. The average molecular weight is 617 g/mol.